The number of amides is 1. The van der Waals surface area contributed by atoms with Crippen LogP contribution >= 0.6 is 11.3 Å². The minimum absolute atomic E-state index is 0.116. The second kappa shape index (κ2) is 6.05. The fourth-order valence-corrected chi connectivity index (χ4v) is 2.78. The van der Waals surface area contributed by atoms with E-state index in [-0.39, 0.29) is 12.3 Å². The van der Waals surface area contributed by atoms with Crippen molar-refractivity contribution in [2.24, 2.45) is 0 Å². The van der Waals surface area contributed by atoms with Crippen LogP contribution in [0.25, 0.3) is 11.1 Å². The number of nitrogens with one attached hydrogen (secondary N) is 1. The van der Waals surface area contributed by atoms with Gasteiger partial charge in [-0.25, -0.2) is 9.97 Å². The number of aromatic nitrogens is 2. The normalized spacial score (nSPS) is 10.9. The molecule has 5 nitrogen and oxygen atoms in total. The van der Waals surface area contributed by atoms with Crippen LogP contribution in [0.5, 0.6) is 0 Å². The quantitative estimate of drug-likeness (QED) is 0.786. The van der Waals surface area contributed by atoms with E-state index >= 15 is 0 Å². The van der Waals surface area contributed by atoms with Gasteiger partial charge in [-0.05, 0) is 18.6 Å². The Morgan fingerprint density at radius 1 is 1.33 bits per heavy atom. The number of carbonyl (C=O) groups excluding carboxylic acids is 1. The van der Waals surface area contributed by atoms with Gasteiger partial charge in [-0.15, -0.1) is 11.3 Å². The number of fused-ring (bicyclic) bond motifs is 1. The van der Waals surface area contributed by atoms with Crippen molar-refractivity contribution in [2.75, 3.05) is 0 Å². The molecule has 6 heteroatoms. The minimum Gasteiger partial charge on any atom is -0.440 e. The van der Waals surface area contributed by atoms with Gasteiger partial charge in [0, 0.05) is 5.38 Å². The minimum atomic E-state index is -0.116. The van der Waals surface area contributed by atoms with Crippen LogP contribution in [0.15, 0.2) is 34.1 Å². The van der Waals surface area contributed by atoms with Gasteiger partial charge in [0.2, 0.25) is 11.8 Å². The molecule has 0 spiro atoms. The Morgan fingerprint density at radius 3 is 2.95 bits per heavy atom. The number of carbonyl (C=O) groups is 1. The summed E-state index contributed by atoms with van der Waals surface area (Å²) in [6, 6.07) is 7.47. The smallest absolute Gasteiger partial charge is 0.229 e. The Morgan fingerprint density at radius 2 is 2.19 bits per heavy atom. The highest BCUT2D eigenvalue weighted by molar-refractivity contribution is 7.09. The zero-order valence-corrected chi connectivity index (χ0v) is 12.4. The summed E-state index contributed by atoms with van der Waals surface area (Å²) in [5.41, 5.74) is 2.53. The maximum Gasteiger partial charge on any atom is 0.229 e. The molecule has 1 aromatic carbocycles. The van der Waals surface area contributed by atoms with Crippen LogP contribution < -0.4 is 5.32 Å². The monoisotopic (exact) mass is 301 g/mol. The number of benzene rings is 1. The van der Waals surface area contributed by atoms with Crippen LogP contribution in [0.1, 0.15) is 23.5 Å². The molecule has 1 amide bonds. The van der Waals surface area contributed by atoms with Gasteiger partial charge in [0.25, 0.3) is 0 Å². The van der Waals surface area contributed by atoms with E-state index in [1.54, 1.807) is 11.3 Å². The Kier molecular flexibility index (Phi) is 3.96. The molecule has 0 saturated heterocycles. The lowest BCUT2D eigenvalue weighted by Gasteiger charge is -2.00. The zero-order valence-electron chi connectivity index (χ0n) is 11.6. The first-order chi connectivity index (χ1) is 10.2. The lowest BCUT2D eigenvalue weighted by molar-refractivity contribution is -0.120. The van der Waals surface area contributed by atoms with Crippen LogP contribution in [0.3, 0.4) is 0 Å². The van der Waals surface area contributed by atoms with Crippen LogP contribution in [0.4, 0.5) is 0 Å². The third-order valence-corrected chi connectivity index (χ3v) is 3.95. The predicted octanol–water partition coefficient (Wildman–Crippen LogP) is 2.71. The average molecular weight is 301 g/mol. The second-order valence-electron chi connectivity index (χ2n) is 4.61. The standard InChI is InChI=1S/C15H15N3O2S/c1-2-10-9-21-15(17-10)8-16-13(19)7-14-18-11-5-3-4-6-12(11)20-14/h3-6,9H,2,7-8H2,1H3,(H,16,19). The first-order valence-corrected chi connectivity index (χ1v) is 7.67. The molecular formula is C15H15N3O2S. The van der Waals surface area contributed by atoms with Crippen LogP contribution in [0.2, 0.25) is 0 Å². The van der Waals surface area contributed by atoms with Crippen molar-refractivity contribution in [1.29, 1.82) is 0 Å². The van der Waals surface area contributed by atoms with Gasteiger partial charge in [0.1, 0.15) is 16.9 Å². The molecule has 0 aliphatic heterocycles. The molecule has 108 valence electrons. The van der Waals surface area contributed by atoms with Gasteiger partial charge in [0.05, 0.1) is 12.2 Å². The van der Waals surface area contributed by atoms with E-state index in [0.29, 0.717) is 18.0 Å². The molecule has 0 saturated carbocycles. The SMILES string of the molecule is CCc1csc(CNC(=O)Cc2nc3ccccc3o2)n1. The highest BCUT2D eigenvalue weighted by Crippen LogP contribution is 2.15. The number of hydrogen-bond acceptors (Lipinski definition) is 5. The summed E-state index contributed by atoms with van der Waals surface area (Å²) < 4.78 is 5.53. The highest BCUT2D eigenvalue weighted by Gasteiger charge is 2.11. The Balaban J connectivity index is 1.58. The molecule has 2 aromatic heterocycles. The van der Waals surface area contributed by atoms with Crippen molar-refractivity contribution in [3.05, 3.63) is 46.2 Å². The molecule has 0 atom stereocenters. The van der Waals surface area contributed by atoms with Crippen molar-refractivity contribution in [1.82, 2.24) is 15.3 Å². The Labute approximate surface area is 126 Å². The summed E-state index contributed by atoms with van der Waals surface area (Å²) in [7, 11) is 0. The molecule has 1 N–H and O–H groups in total. The summed E-state index contributed by atoms with van der Waals surface area (Å²) in [6.07, 6.45) is 1.05. The molecule has 0 aliphatic carbocycles. The maximum absolute atomic E-state index is 11.9. The van der Waals surface area contributed by atoms with Gasteiger partial charge in [0.15, 0.2) is 5.58 Å². The first kappa shape index (κ1) is 13.8. The summed E-state index contributed by atoms with van der Waals surface area (Å²) in [5, 5.41) is 5.77. The lowest BCUT2D eigenvalue weighted by Crippen LogP contribution is -2.24. The van der Waals surface area contributed by atoms with E-state index in [1.165, 1.54) is 0 Å². The largest absolute Gasteiger partial charge is 0.440 e. The summed E-state index contributed by atoms with van der Waals surface area (Å²) in [6.45, 7) is 2.51. The van der Waals surface area contributed by atoms with Crippen LogP contribution in [0, 0.1) is 0 Å². The maximum atomic E-state index is 11.9. The van der Waals surface area contributed by atoms with E-state index in [4.69, 9.17) is 4.42 Å². The van der Waals surface area contributed by atoms with Crippen molar-refractivity contribution in [3.8, 4) is 0 Å². The molecule has 21 heavy (non-hydrogen) atoms. The highest BCUT2D eigenvalue weighted by atomic mass is 32.1. The van der Waals surface area contributed by atoms with E-state index in [9.17, 15) is 4.79 Å². The second-order valence-corrected chi connectivity index (χ2v) is 5.56. The Bertz CT molecular complexity index is 730. The van der Waals surface area contributed by atoms with Gasteiger partial charge >= 0.3 is 0 Å². The van der Waals surface area contributed by atoms with Crippen LogP contribution in [-0.2, 0) is 24.2 Å². The molecule has 3 rings (SSSR count). The van der Waals surface area contributed by atoms with E-state index in [0.717, 1.165) is 22.6 Å². The fraction of sp³-hybridized carbons (Fsp3) is 0.267. The molecule has 0 unspecified atom stereocenters. The van der Waals surface area contributed by atoms with E-state index in [1.807, 2.05) is 29.6 Å². The molecule has 0 fully saturated rings. The van der Waals surface area contributed by atoms with Crippen molar-refractivity contribution >= 4 is 28.3 Å². The van der Waals surface area contributed by atoms with Crippen molar-refractivity contribution in [3.63, 3.8) is 0 Å². The number of rotatable bonds is 5. The first-order valence-electron chi connectivity index (χ1n) is 6.79. The third kappa shape index (κ3) is 3.28. The topological polar surface area (TPSA) is 68.0 Å². The number of hydrogen-bond donors (Lipinski definition) is 1. The predicted molar refractivity (Wildman–Crippen MR) is 81.1 cm³/mol. The number of para-hydroxylation sites is 2. The van der Waals surface area contributed by atoms with Gasteiger partial charge < -0.3 is 9.73 Å². The molecular weight excluding hydrogens is 286 g/mol. The van der Waals surface area contributed by atoms with E-state index in [2.05, 4.69) is 22.2 Å². The zero-order chi connectivity index (χ0) is 14.7. The Hall–Kier alpha value is -2.21. The summed E-state index contributed by atoms with van der Waals surface area (Å²) in [5.74, 6) is 0.317. The molecule has 2 heterocycles. The van der Waals surface area contributed by atoms with Crippen molar-refractivity contribution in [2.45, 2.75) is 26.3 Å². The molecule has 0 radical (unpaired) electrons. The third-order valence-electron chi connectivity index (χ3n) is 3.05. The molecule has 3 aromatic rings. The summed E-state index contributed by atoms with van der Waals surface area (Å²) >= 11 is 1.56. The number of aryl methyl sites for hydroxylation is 1. The number of oxazole rings is 1. The number of thiazole rings is 1. The average Bonchev–Trinajstić information content (AvgIpc) is 3.10. The van der Waals surface area contributed by atoms with Gasteiger partial charge in [-0.3, -0.25) is 4.79 Å². The van der Waals surface area contributed by atoms with Crippen molar-refractivity contribution < 1.29 is 9.21 Å². The summed E-state index contributed by atoms with van der Waals surface area (Å²) in [4.78, 5) is 20.6. The number of nitrogens with zero attached hydrogens (tertiary/aromatic N) is 2. The fourth-order valence-electron chi connectivity index (χ4n) is 1.96. The molecule has 0 bridgehead atoms. The van der Waals surface area contributed by atoms with Gasteiger partial charge in [-0.2, -0.15) is 0 Å². The van der Waals surface area contributed by atoms with Crippen LogP contribution in [-0.4, -0.2) is 15.9 Å². The molecule has 0 aliphatic rings. The van der Waals surface area contributed by atoms with Gasteiger partial charge in [-0.1, -0.05) is 19.1 Å². The van der Waals surface area contributed by atoms with E-state index < -0.39 is 0 Å². The lowest BCUT2D eigenvalue weighted by atomic mass is 10.3.